The number of carbonyl (C=O) groups is 1. The monoisotopic (exact) mass is 247 g/mol. The number of aromatic nitrogens is 2. The molecule has 0 spiro atoms. The van der Waals surface area contributed by atoms with Crippen LogP contribution in [0.2, 0.25) is 5.15 Å². The molecule has 0 aliphatic carbocycles. The Morgan fingerprint density at radius 3 is 2.94 bits per heavy atom. The van der Waals surface area contributed by atoms with E-state index in [4.69, 9.17) is 11.6 Å². The summed E-state index contributed by atoms with van der Waals surface area (Å²) in [4.78, 5) is 17.9. The van der Waals surface area contributed by atoms with Gasteiger partial charge in [-0.1, -0.05) is 23.7 Å². The topological polar surface area (TPSA) is 38.1 Å². The van der Waals surface area contributed by atoms with Gasteiger partial charge in [-0.25, -0.2) is 4.98 Å². The van der Waals surface area contributed by atoms with Crippen molar-refractivity contribution in [1.82, 2.24) is 14.5 Å². The SMILES string of the molecule is CN1Cc2c(Cl)ncn2-c2ccccc2C1=O. The number of hydrogen-bond donors (Lipinski definition) is 0. The van der Waals surface area contributed by atoms with Crippen molar-refractivity contribution in [2.24, 2.45) is 0 Å². The first-order valence-corrected chi connectivity index (χ1v) is 5.63. The third kappa shape index (κ3) is 1.45. The largest absolute Gasteiger partial charge is 0.336 e. The average Bonchev–Trinajstić information content (AvgIpc) is 2.65. The molecule has 0 atom stereocenters. The molecule has 1 amide bonds. The van der Waals surface area contributed by atoms with Crippen molar-refractivity contribution in [3.05, 3.63) is 47.0 Å². The Kier molecular flexibility index (Phi) is 2.19. The van der Waals surface area contributed by atoms with E-state index < -0.39 is 0 Å². The number of carbonyl (C=O) groups excluding carboxylic acids is 1. The lowest BCUT2D eigenvalue weighted by atomic mass is 10.1. The van der Waals surface area contributed by atoms with Crippen molar-refractivity contribution in [3.63, 3.8) is 0 Å². The van der Waals surface area contributed by atoms with Gasteiger partial charge in [-0.2, -0.15) is 0 Å². The smallest absolute Gasteiger partial charge is 0.256 e. The van der Waals surface area contributed by atoms with Crippen molar-refractivity contribution < 1.29 is 4.79 Å². The summed E-state index contributed by atoms with van der Waals surface area (Å²) in [7, 11) is 1.76. The van der Waals surface area contributed by atoms with Crippen LogP contribution in [0.3, 0.4) is 0 Å². The number of rotatable bonds is 0. The van der Waals surface area contributed by atoms with Gasteiger partial charge in [-0.05, 0) is 12.1 Å². The van der Waals surface area contributed by atoms with Gasteiger partial charge in [0.2, 0.25) is 0 Å². The van der Waals surface area contributed by atoms with E-state index in [0.717, 1.165) is 11.4 Å². The third-order valence-electron chi connectivity index (χ3n) is 2.94. The molecule has 0 unspecified atom stereocenters. The van der Waals surface area contributed by atoms with Gasteiger partial charge in [0.15, 0.2) is 5.15 Å². The molecule has 5 heteroatoms. The second kappa shape index (κ2) is 3.60. The average molecular weight is 248 g/mol. The molecule has 3 rings (SSSR count). The minimum Gasteiger partial charge on any atom is -0.336 e. The van der Waals surface area contributed by atoms with Crippen LogP contribution in [0.15, 0.2) is 30.6 Å². The normalized spacial score (nSPS) is 14.2. The van der Waals surface area contributed by atoms with Crippen LogP contribution in [0.1, 0.15) is 16.1 Å². The van der Waals surface area contributed by atoms with E-state index in [2.05, 4.69) is 4.98 Å². The van der Waals surface area contributed by atoms with E-state index in [0.29, 0.717) is 17.3 Å². The zero-order chi connectivity index (χ0) is 12.0. The second-order valence-corrected chi connectivity index (χ2v) is 4.39. The number of halogens is 1. The minimum absolute atomic E-state index is 0.000340. The minimum atomic E-state index is 0.000340. The van der Waals surface area contributed by atoms with Crippen LogP contribution in [0.4, 0.5) is 0 Å². The summed E-state index contributed by atoms with van der Waals surface area (Å²) in [6.07, 6.45) is 1.66. The number of benzene rings is 1. The summed E-state index contributed by atoms with van der Waals surface area (Å²) < 4.78 is 1.87. The molecule has 1 aliphatic heterocycles. The van der Waals surface area contributed by atoms with Crippen LogP contribution in [-0.2, 0) is 6.54 Å². The maximum atomic E-state index is 12.2. The molecule has 0 fully saturated rings. The zero-order valence-electron chi connectivity index (χ0n) is 9.22. The first-order valence-electron chi connectivity index (χ1n) is 5.25. The van der Waals surface area contributed by atoms with Gasteiger partial charge in [0.1, 0.15) is 6.33 Å². The molecule has 0 saturated carbocycles. The second-order valence-electron chi connectivity index (χ2n) is 4.03. The number of fused-ring (bicyclic) bond motifs is 3. The lowest BCUT2D eigenvalue weighted by Crippen LogP contribution is -2.24. The highest BCUT2D eigenvalue weighted by atomic mass is 35.5. The van der Waals surface area contributed by atoms with Crippen LogP contribution in [0, 0.1) is 0 Å². The summed E-state index contributed by atoms with van der Waals surface area (Å²) in [6, 6.07) is 7.47. The van der Waals surface area contributed by atoms with Crippen LogP contribution in [0.5, 0.6) is 0 Å². The van der Waals surface area contributed by atoms with Crippen molar-refractivity contribution in [2.75, 3.05) is 7.05 Å². The summed E-state index contributed by atoms with van der Waals surface area (Å²) >= 11 is 6.04. The van der Waals surface area contributed by atoms with Crippen molar-refractivity contribution in [2.45, 2.75) is 6.54 Å². The Labute approximate surface area is 103 Å². The standard InChI is InChI=1S/C12H10ClN3O/c1-15-6-10-11(13)14-7-16(10)9-5-3-2-4-8(9)12(15)17/h2-5,7H,6H2,1H3. The Morgan fingerprint density at radius 2 is 2.12 bits per heavy atom. The molecular weight excluding hydrogens is 238 g/mol. The first-order chi connectivity index (χ1) is 8.18. The highest BCUT2D eigenvalue weighted by Crippen LogP contribution is 2.26. The Hall–Kier alpha value is -1.81. The fraction of sp³-hybridized carbons (Fsp3) is 0.167. The molecule has 0 bridgehead atoms. The Balaban J connectivity index is 2.33. The summed E-state index contributed by atoms with van der Waals surface area (Å²) in [6.45, 7) is 0.465. The van der Waals surface area contributed by atoms with E-state index >= 15 is 0 Å². The van der Waals surface area contributed by atoms with Gasteiger partial charge in [0, 0.05) is 7.05 Å². The van der Waals surface area contributed by atoms with E-state index in [-0.39, 0.29) is 5.91 Å². The van der Waals surface area contributed by atoms with Crippen molar-refractivity contribution in [1.29, 1.82) is 0 Å². The van der Waals surface area contributed by atoms with Gasteiger partial charge in [0.05, 0.1) is 23.5 Å². The summed E-state index contributed by atoms with van der Waals surface area (Å²) in [5, 5.41) is 0.446. The van der Waals surface area contributed by atoms with Crippen LogP contribution >= 0.6 is 11.6 Å². The van der Waals surface area contributed by atoms with E-state index in [1.807, 2.05) is 28.8 Å². The molecular formula is C12H10ClN3O. The van der Waals surface area contributed by atoms with Gasteiger partial charge < -0.3 is 4.90 Å². The summed E-state index contributed by atoms with van der Waals surface area (Å²) in [5.41, 5.74) is 2.34. The summed E-state index contributed by atoms with van der Waals surface area (Å²) in [5.74, 6) is 0.000340. The number of para-hydroxylation sites is 1. The van der Waals surface area contributed by atoms with E-state index in [9.17, 15) is 4.79 Å². The number of imidazole rings is 1. The molecule has 1 aromatic heterocycles. The predicted molar refractivity (Wildman–Crippen MR) is 64.4 cm³/mol. The van der Waals surface area contributed by atoms with Crippen LogP contribution in [-0.4, -0.2) is 27.4 Å². The lowest BCUT2D eigenvalue weighted by molar-refractivity contribution is 0.0788. The van der Waals surface area contributed by atoms with E-state index in [1.165, 1.54) is 0 Å². The highest BCUT2D eigenvalue weighted by molar-refractivity contribution is 6.30. The van der Waals surface area contributed by atoms with E-state index in [1.54, 1.807) is 18.3 Å². The molecule has 4 nitrogen and oxygen atoms in total. The molecule has 0 radical (unpaired) electrons. The predicted octanol–water partition coefficient (Wildman–Crippen LogP) is 2.11. The molecule has 2 heterocycles. The maximum Gasteiger partial charge on any atom is 0.256 e. The zero-order valence-corrected chi connectivity index (χ0v) is 9.98. The number of nitrogens with zero attached hydrogens (tertiary/aromatic N) is 3. The maximum absolute atomic E-state index is 12.2. The van der Waals surface area contributed by atoms with Gasteiger partial charge in [0.25, 0.3) is 5.91 Å². The van der Waals surface area contributed by atoms with Crippen molar-refractivity contribution in [3.8, 4) is 5.69 Å². The van der Waals surface area contributed by atoms with Gasteiger partial charge in [-0.3, -0.25) is 9.36 Å². The molecule has 0 N–H and O–H groups in total. The molecule has 2 aromatic rings. The lowest BCUT2D eigenvalue weighted by Gasteiger charge is -2.13. The highest BCUT2D eigenvalue weighted by Gasteiger charge is 2.24. The Morgan fingerprint density at radius 1 is 1.35 bits per heavy atom. The van der Waals surface area contributed by atoms with Crippen molar-refractivity contribution >= 4 is 17.5 Å². The molecule has 1 aliphatic rings. The molecule has 86 valence electrons. The molecule has 17 heavy (non-hydrogen) atoms. The Bertz CT molecular complexity index is 606. The van der Waals surface area contributed by atoms with Gasteiger partial charge >= 0.3 is 0 Å². The number of amides is 1. The number of hydrogen-bond acceptors (Lipinski definition) is 2. The van der Waals surface area contributed by atoms with Crippen LogP contribution in [0.25, 0.3) is 5.69 Å². The van der Waals surface area contributed by atoms with Gasteiger partial charge in [-0.15, -0.1) is 0 Å². The van der Waals surface area contributed by atoms with Crippen LogP contribution < -0.4 is 0 Å². The quantitative estimate of drug-likeness (QED) is 0.715. The molecule has 0 saturated heterocycles. The fourth-order valence-electron chi connectivity index (χ4n) is 2.07. The molecule has 1 aromatic carbocycles. The fourth-order valence-corrected chi connectivity index (χ4v) is 2.26. The third-order valence-corrected chi connectivity index (χ3v) is 3.26. The first kappa shape index (κ1) is 10.4.